The molecule has 0 fully saturated rings. The number of carbonyl (C=O) groups is 1. The zero-order valence-corrected chi connectivity index (χ0v) is 10.7. The number of aromatic amines is 1. The van der Waals surface area contributed by atoms with Gasteiger partial charge in [-0.25, -0.2) is 9.97 Å². The van der Waals surface area contributed by atoms with E-state index in [0.717, 1.165) is 0 Å². The summed E-state index contributed by atoms with van der Waals surface area (Å²) >= 11 is 3.29. The Bertz CT molecular complexity index is 512. The molecule has 0 aromatic carbocycles. The number of rotatable bonds is 3. The van der Waals surface area contributed by atoms with Crippen LogP contribution >= 0.6 is 15.9 Å². The van der Waals surface area contributed by atoms with Gasteiger partial charge < -0.3 is 10.3 Å². The van der Waals surface area contributed by atoms with Crippen molar-refractivity contribution in [1.82, 2.24) is 20.3 Å². The van der Waals surface area contributed by atoms with Crippen molar-refractivity contribution in [2.45, 2.75) is 13.0 Å². The van der Waals surface area contributed by atoms with Gasteiger partial charge in [-0.3, -0.25) is 4.79 Å². The summed E-state index contributed by atoms with van der Waals surface area (Å²) in [5.41, 5.74) is 0.367. The second-order valence-corrected chi connectivity index (χ2v) is 4.36. The zero-order valence-electron chi connectivity index (χ0n) is 9.14. The number of amides is 1. The molecule has 0 bridgehead atoms. The van der Waals surface area contributed by atoms with Gasteiger partial charge in [0.05, 0.1) is 6.04 Å². The fraction of sp³-hybridized carbons (Fsp3) is 0.182. The van der Waals surface area contributed by atoms with Crippen molar-refractivity contribution in [2.75, 3.05) is 0 Å². The van der Waals surface area contributed by atoms with Gasteiger partial charge in [-0.15, -0.1) is 0 Å². The van der Waals surface area contributed by atoms with E-state index in [4.69, 9.17) is 0 Å². The van der Waals surface area contributed by atoms with E-state index in [9.17, 15) is 4.79 Å². The van der Waals surface area contributed by atoms with Crippen LogP contribution in [0.4, 0.5) is 0 Å². The first-order valence-corrected chi connectivity index (χ1v) is 5.88. The Balaban J connectivity index is 2.10. The molecule has 1 unspecified atom stereocenters. The first-order valence-electron chi connectivity index (χ1n) is 5.09. The molecule has 5 nitrogen and oxygen atoms in total. The summed E-state index contributed by atoms with van der Waals surface area (Å²) in [6, 6.07) is 3.35. The van der Waals surface area contributed by atoms with Crippen LogP contribution in [0.3, 0.4) is 0 Å². The lowest BCUT2D eigenvalue weighted by Gasteiger charge is -2.11. The monoisotopic (exact) mass is 294 g/mol. The second kappa shape index (κ2) is 5.09. The number of H-pyrrole nitrogens is 1. The van der Waals surface area contributed by atoms with Crippen LogP contribution in [0, 0.1) is 0 Å². The predicted molar refractivity (Wildman–Crippen MR) is 66.4 cm³/mol. The quantitative estimate of drug-likeness (QED) is 0.910. The Morgan fingerprint density at radius 2 is 2.29 bits per heavy atom. The number of nitrogens with one attached hydrogen (secondary N) is 2. The van der Waals surface area contributed by atoms with Crippen LogP contribution in [-0.4, -0.2) is 20.9 Å². The molecule has 2 rings (SSSR count). The number of hydrogen-bond donors (Lipinski definition) is 2. The van der Waals surface area contributed by atoms with Crippen LogP contribution in [-0.2, 0) is 0 Å². The summed E-state index contributed by atoms with van der Waals surface area (Å²) in [7, 11) is 0. The van der Waals surface area contributed by atoms with Gasteiger partial charge in [-0.05, 0) is 35.0 Å². The fourth-order valence-corrected chi connectivity index (χ4v) is 1.84. The minimum Gasteiger partial charge on any atom is -0.347 e. The van der Waals surface area contributed by atoms with Gasteiger partial charge in [0.2, 0.25) is 0 Å². The number of carbonyl (C=O) groups excluding carboxylic acids is 1. The van der Waals surface area contributed by atoms with Crippen LogP contribution in [0.1, 0.15) is 29.3 Å². The number of aromatic nitrogens is 3. The number of halogens is 1. The largest absolute Gasteiger partial charge is 0.347 e. The molecule has 0 aliphatic heterocycles. The summed E-state index contributed by atoms with van der Waals surface area (Å²) in [5, 5.41) is 2.81. The van der Waals surface area contributed by atoms with E-state index in [1.807, 2.05) is 6.92 Å². The highest BCUT2D eigenvalue weighted by Gasteiger charge is 2.15. The molecule has 0 saturated heterocycles. The Morgan fingerprint density at radius 1 is 1.47 bits per heavy atom. The van der Waals surface area contributed by atoms with Crippen molar-refractivity contribution in [1.29, 1.82) is 0 Å². The van der Waals surface area contributed by atoms with Crippen LogP contribution in [0.2, 0.25) is 0 Å². The van der Waals surface area contributed by atoms with E-state index in [1.165, 1.54) is 0 Å². The predicted octanol–water partition coefficient (Wildman–Crippen LogP) is 2.06. The van der Waals surface area contributed by atoms with E-state index < -0.39 is 0 Å². The summed E-state index contributed by atoms with van der Waals surface area (Å²) in [4.78, 5) is 23.0. The smallest absolute Gasteiger partial charge is 0.271 e. The van der Waals surface area contributed by atoms with Gasteiger partial charge in [0.25, 0.3) is 5.91 Å². The third kappa shape index (κ3) is 2.71. The standard InChI is InChI=1S/C11H11BrN4O/c1-7(10-14-5-6-15-10)16-11(17)9-8(12)3-2-4-13-9/h2-7H,1H3,(H,14,15)(H,16,17). The topological polar surface area (TPSA) is 70.7 Å². The van der Waals surface area contributed by atoms with Crippen LogP contribution in [0.25, 0.3) is 0 Å². The molecular weight excluding hydrogens is 284 g/mol. The molecule has 2 N–H and O–H groups in total. The van der Waals surface area contributed by atoms with Crippen molar-refractivity contribution in [3.05, 3.63) is 46.7 Å². The summed E-state index contributed by atoms with van der Waals surface area (Å²) in [5.74, 6) is 0.478. The van der Waals surface area contributed by atoms with Gasteiger partial charge in [0.1, 0.15) is 11.5 Å². The lowest BCUT2D eigenvalue weighted by Crippen LogP contribution is -2.28. The molecule has 6 heteroatoms. The average Bonchev–Trinajstić information content (AvgIpc) is 2.82. The van der Waals surface area contributed by atoms with Crippen molar-refractivity contribution in [3.63, 3.8) is 0 Å². The average molecular weight is 295 g/mol. The van der Waals surface area contributed by atoms with Gasteiger partial charge in [0, 0.05) is 23.1 Å². The molecule has 1 amide bonds. The van der Waals surface area contributed by atoms with E-state index in [2.05, 4.69) is 36.2 Å². The van der Waals surface area contributed by atoms with E-state index >= 15 is 0 Å². The van der Waals surface area contributed by atoms with Crippen molar-refractivity contribution in [3.8, 4) is 0 Å². The molecule has 1 atom stereocenters. The fourth-order valence-electron chi connectivity index (χ4n) is 1.40. The van der Waals surface area contributed by atoms with Gasteiger partial charge in [0.15, 0.2) is 0 Å². The first-order chi connectivity index (χ1) is 8.18. The highest BCUT2D eigenvalue weighted by Crippen LogP contribution is 2.14. The SMILES string of the molecule is CC(NC(=O)c1ncccc1Br)c1ncc[nH]1. The lowest BCUT2D eigenvalue weighted by atomic mass is 10.3. The Hall–Kier alpha value is -1.69. The molecular formula is C11H11BrN4O. The third-order valence-electron chi connectivity index (χ3n) is 2.25. The Morgan fingerprint density at radius 3 is 2.94 bits per heavy atom. The lowest BCUT2D eigenvalue weighted by molar-refractivity contribution is 0.0932. The Kier molecular flexibility index (Phi) is 3.53. The van der Waals surface area contributed by atoms with Crippen LogP contribution < -0.4 is 5.32 Å². The van der Waals surface area contributed by atoms with Gasteiger partial charge in [-0.2, -0.15) is 0 Å². The molecule has 88 valence electrons. The molecule has 0 saturated carbocycles. The summed E-state index contributed by atoms with van der Waals surface area (Å²) in [6.07, 6.45) is 4.95. The van der Waals surface area contributed by atoms with E-state index in [1.54, 1.807) is 30.7 Å². The molecule has 0 radical (unpaired) electrons. The molecule has 2 heterocycles. The number of nitrogens with zero attached hydrogens (tertiary/aromatic N) is 2. The minimum absolute atomic E-state index is 0.189. The van der Waals surface area contributed by atoms with Crippen molar-refractivity contribution >= 4 is 21.8 Å². The molecule has 0 aliphatic rings. The van der Waals surface area contributed by atoms with Gasteiger partial charge in [-0.1, -0.05) is 0 Å². The second-order valence-electron chi connectivity index (χ2n) is 3.50. The number of pyridine rings is 1. The maximum absolute atomic E-state index is 11.9. The van der Waals surface area contributed by atoms with Gasteiger partial charge >= 0.3 is 0 Å². The highest BCUT2D eigenvalue weighted by molar-refractivity contribution is 9.10. The van der Waals surface area contributed by atoms with E-state index in [0.29, 0.717) is 16.0 Å². The van der Waals surface area contributed by atoms with Crippen LogP contribution in [0.15, 0.2) is 35.2 Å². The third-order valence-corrected chi connectivity index (χ3v) is 2.89. The summed E-state index contributed by atoms with van der Waals surface area (Å²) in [6.45, 7) is 1.85. The first kappa shape index (κ1) is 11.8. The number of hydrogen-bond acceptors (Lipinski definition) is 3. The highest BCUT2D eigenvalue weighted by atomic mass is 79.9. The molecule has 2 aromatic rings. The number of imidazole rings is 1. The minimum atomic E-state index is -0.235. The maximum atomic E-state index is 11.9. The van der Waals surface area contributed by atoms with Crippen LogP contribution in [0.5, 0.6) is 0 Å². The normalized spacial score (nSPS) is 12.1. The molecule has 0 aliphatic carbocycles. The molecule has 0 spiro atoms. The molecule has 17 heavy (non-hydrogen) atoms. The molecule has 2 aromatic heterocycles. The van der Waals surface area contributed by atoms with Crippen molar-refractivity contribution < 1.29 is 4.79 Å². The maximum Gasteiger partial charge on any atom is 0.271 e. The zero-order chi connectivity index (χ0) is 12.3. The van der Waals surface area contributed by atoms with Crippen molar-refractivity contribution in [2.24, 2.45) is 0 Å². The Labute approximate surface area is 107 Å². The van der Waals surface area contributed by atoms with E-state index in [-0.39, 0.29) is 11.9 Å². The summed E-state index contributed by atoms with van der Waals surface area (Å²) < 4.78 is 0.671.